The molecule has 0 bridgehead atoms. The third-order valence-electron chi connectivity index (χ3n) is 3.75. The van der Waals surface area contributed by atoms with Gasteiger partial charge in [0.2, 0.25) is 11.8 Å². The maximum Gasteiger partial charge on any atom is 0.238 e. The second-order valence-corrected chi connectivity index (χ2v) is 5.00. The highest BCUT2D eigenvalue weighted by Crippen LogP contribution is 2.23. The number of ether oxygens (including phenoxy) is 1. The number of rotatable bonds is 4. The van der Waals surface area contributed by atoms with Crippen LogP contribution in [0.1, 0.15) is 11.3 Å². The van der Waals surface area contributed by atoms with E-state index in [9.17, 15) is 4.79 Å². The van der Waals surface area contributed by atoms with Crippen LogP contribution in [0.15, 0.2) is 0 Å². The Morgan fingerprint density at radius 2 is 2.35 bits per heavy atom. The third kappa shape index (κ3) is 2.78. The van der Waals surface area contributed by atoms with Crippen molar-refractivity contribution in [3.05, 3.63) is 11.3 Å². The molecule has 0 spiro atoms. The van der Waals surface area contributed by atoms with Crippen molar-refractivity contribution in [1.82, 2.24) is 25.3 Å². The molecule has 1 fully saturated rings. The summed E-state index contributed by atoms with van der Waals surface area (Å²) in [6.07, 6.45) is 0. The maximum absolute atomic E-state index is 12.0. The number of amides is 1. The molecule has 20 heavy (non-hydrogen) atoms. The summed E-state index contributed by atoms with van der Waals surface area (Å²) in [7, 11) is 5.18. The fourth-order valence-corrected chi connectivity index (χ4v) is 2.68. The van der Waals surface area contributed by atoms with Crippen molar-refractivity contribution in [2.24, 2.45) is 7.05 Å². The van der Waals surface area contributed by atoms with Crippen molar-refractivity contribution in [3.63, 3.8) is 0 Å². The molecule has 2 heterocycles. The minimum Gasteiger partial charge on any atom is -0.481 e. The lowest BCUT2D eigenvalue weighted by atomic mass is 10.1. The summed E-state index contributed by atoms with van der Waals surface area (Å²) in [5.41, 5.74) is 1.99. The largest absolute Gasteiger partial charge is 0.481 e. The molecule has 1 aromatic rings. The standard InChI is InChI=1S/C13H23N5O2/c1-9-10(13(20-4)17(3)16-9)8-18-6-5-15-7-11(18)12(19)14-2/h11,15H,5-8H2,1-4H3,(H,14,19). The van der Waals surface area contributed by atoms with Crippen molar-refractivity contribution >= 4 is 5.91 Å². The van der Waals surface area contributed by atoms with Gasteiger partial charge in [-0.2, -0.15) is 5.10 Å². The lowest BCUT2D eigenvalue weighted by molar-refractivity contribution is -0.126. The van der Waals surface area contributed by atoms with Gasteiger partial charge in [-0.15, -0.1) is 0 Å². The Labute approximate surface area is 119 Å². The number of carbonyl (C=O) groups is 1. The average Bonchev–Trinajstić information content (AvgIpc) is 2.72. The van der Waals surface area contributed by atoms with Gasteiger partial charge in [-0.05, 0) is 6.92 Å². The number of methoxy groups -OCH3 is 1. The van der Waals surface area contributed by atoms with Crippen molar-refractivity contribution < 1.29 is 9.53 Å². The number of nitrogens with one attached hydrogen (secondary N) is 2. The molecule has 1 aliphatic rings. The van der Waals surface area contributed by atoms with Crippen LogP contribution in [0.3, 0.4) is 0 Å². The van der Waals surface area contributed by atoms with Crippen molar-refractivity contribution in [2.45, 2.75) is 19.5 Å². The average molecular weight is 281 g/mol. The van der Waals surface area contributed by atoms with Crippen LogP contribution in [0, 0.1) is 6.92 Å². The fraction of sp³-hybridized carbons (Fsp3) is 0.692. The number of piperazine rings is 1. The number of aromatic nitrogens is 2. The van der Waals surface area contributed by atoms with E-state index < -0.39 is 0 Å². The second kappa shape index (κ2) is 6.23. The van der Waals surface area contributed by atoms with Gasteiger partial charge < -0.3 is 15.4 Å². The van der Waals surface area contributed by atoms with Crippen LogP contribution in [-0.4, -0.2) is 60.4 Å². The van der Waals surface area contributed by atoms with Crippen LogP contribution in [0.5, 0.6) is 5.88 Å². The monoisotopic (exact) mass is 281 g/mol. The smallest absolute Gasteiger partial charge is 0.238 e. The Morgan fingerprint density at radius 1 is 1.60 bits per heavy atom. The summed E-state index contributed by atoms with van der Waals surface area (Å²) in [6.45, 7) is 5.02. The Balaban J connectivity index is 2.21. The summed E-state index contributed by atoms with van der Waals surface area (Å²) >= 11 is 0. The van der Waals surface area contributed by atoms with Gasteiger partial charge in [0, 0.05) is 40.3 Å². The number of hydrogen-bond acceptors (Lipinski definition) is 5. The molecule has 1 amide bonds. The Morgan fingerprint density at radius 3 is 3.00 bits per heavy atom. The molecular weight excluding hydrogens is 258 g/mol. The van der Waals surface area contributed by atoms with E-state index in [1.165, 1.54) is 0 Å². The number of carbonyl (C=O) groups excluding carboxylic acids is 1. The molecule has 1 aromatic heterocycles. The number of aryl methyl sites for hydroxylation is 2. The van der Waals surface area contributed by atoms with E-state index in [0.29, 0.717) is 13.1 Å². The van der Waals surface area contributed by atoms with E-state index in [4.69, 9.17) is 4.74 Å². The third-order valence-corrected chi connectivity index (χ3v) is 3.75. The minimum atomic E-state index is -0.155. The summed E-state index contributed by atoms with van der Waals surface area (Å²) in [4.78, 5) is 14.1. The zero-order valence-electron chi connectivity index (χ0n) is 12.6. The van der Waals surface area contributed by atoms with E-state index in [-0.39, 0.29) is 11.9 Å². The van der Waals surface area contributed by atoms with Crippen molar-refractivity contribution in [2.75, 3.05) is 33.8 Å². The van der Waals surface area contributed by atoms with Gasteiger partial charge in [0.05, 0.1) is 18.4 Å². The summed E-state index contributed by atoms with van der Waals surface area (Å²) in [6, 6.07) is -0.155. The van der Waals surface area contributed by atoms with Gasteiger partial charge in [0.15, 0.2) is 0 Å². The van der Waals surface area contributed by atoms with E-state index in [2.05, 4.69) is 20.6 Å². The van der Waals surface area contributed by atoms with Gasteiger partial charge in [-0.25, -0.2) is 4.68 Å². The van der Waals surface area contributed by atoms with Crippen LogP contribution in [0.4, 0.5) is 0 Å². The van der Waals surface area contributed by atoms with Gasteiger partial charge in [-0.1, -0.05) is 0 Å². The highest BCUT2D eigenvalue weighted by atomic mass is 16.5. The van der Waals surface area contributed by atoms with Gasteiger partial charge in [0.1, 0.15) is 6.04 Å². The second-order valence-electron chi connectivity index (χ2n) is 5.00. The molecule has 7 heteroatoms. The van der Waals surface area contributed by atoms with Crippen molar-refractivity contribution in [1.29, 1.82) is 0 Å². The lowest BCUT2D eigenvalue weighted by Crippen LogP contribution is -2.56. The molecule has 1 aliphatic heterocycles. The minimum absolute atomic E-state index is 0.0395. The predicted octanol–water partition coefficient (Wildman–Crippen LogP) is -0.743. The molecule has 1 saturated heterocycles. The van der Waals surface area contributed by atoms with Crippen LogP contribution >= 0.6 is 0 Å². The zero-order valence-corrected chi connectivity index (χ0v) is 12.6. The van der Waals surface area contributed by atoms with Crippen LogP contribution in [0.2, 0.25) is 0 Å². The van der Waals surface area contributed by atoms with Crippen LogP contribution in [-0.2, 0) is 18.4 Å². The predicted molar refractivity (Wildman–Crippen MR) is 75.6 cm³/mol. The fourth-order valence-electron chi connectivity index (χ4n) is 2.68. The summed E-state index contributed by atoms with van der Waals surface area (Å²) in [5, 5.41) is 10.4. The molecule has 0 aliphatic carbocycles. The SMILES string of the molecule is CNC(=O)C1CNCCN1Cc1c(C)nn(C)c1OC. The highest BCUT2D eigenvalue weighted by Gasteiger charge is 2.29. The molecule has 1 unspecified atom stereocenters. The van der Waals surface area contributed by atoms with Gasteiger partial charge >= 0.3 is 0 Å². The number of nitrogens with zero attached hydrogens (tertiary/aromatic N) is 3. The molecular formula is C13H23N5O2. The van der Waals surface area contributed by atoms with Gasteiger partial charge in [-0.3, -0.25) is 9.69 Å². The maximum atomic E-state index is 12.0. The first-order chi connectivity index (χ1) is 9.58. The normalized spacial score (nSPS) is 19.9. The lowest BCUT2D eigenvalue weighted by Gasteiger charge is -2.34. The summed E-state index contributed by atoms with van der Waals surface area (Å²) < 4.78 is 7.16. The Bertz CT molecular complexity index is 485. The Kier molecular flexibility index (Phi) is 4.61. The molecule has 7 nitrogen and oxygen atoms in total. The van der Waals surface area contributed by atoms with E-state index in [1.54, 1.807) is 18.8 Å². The molecule has 2 N–H and O–H groups in total. The first-order valence-corrected chi connectivity index (χ1v) is 6.81. The topological polar surface area (TPSA) is 71.4 Å². The molecule has 0 aromatic carbocycles. The highest BCUT2D eigenvalue weighted by molar-refractivity contribution is 5.81. The summed E-state index contributed by atoms with van der Waals surface area (Å²) in [5.74, 6) is 0.800. The molecule has 0 saturated carbocycles. The quantitative estimate of drug-likeness (QED) is 0.760. The number of hydrogen-bond donors (Lipinski definition) is 2. The van der Waals surface area contributed by atoms with Crippen LogP contribution < -0.4 is 15.4 Å². The zero-order chi connectivity index (χ0) is 14.7. The van der Waals surface area contributed by atoms with E-state index in [0.717, 1.165) is 30.2 Å². The van der Waals surface area contributed by atoms with E-state index in [1.807, 2.05) is 14.0 Å². The molecule has 112 valence electrons. The first kappa shape index (κ1) is 14.8. The molecule has 2 rings (SSSR count). The Hall–Kier alpha value is -1.60. The van der Waals surface area contributed by atoms with Crippen molar-refractivity contribution in [3.8, 4) is 5.88 Å². The van der Waals surface area contributed by atoms with E-state index >= 15 is 0 Å². The van der Waals surface area contributed by atoms with Crippen LogP contribution in [0.25, 0.3) is 0 Å². The molecule has 1 atom stereocenters. The number of likely N-dealkylation sites (N-methyl/N-ethyl adjacent to an activating group) is 1. The van der Waals surface area contributed by atoms with Gasteiger partial charge in [0.25, 0.3) is 0 Å². The molecule has 0 radical (unpaired) electrons. The first-order valence-electron chi connectivity index (χ1n) is 6.81.